The third kappa shape index (κ3) is 5.95. The average Bonchev–Trinajstić information content (AvgIpc) is 2.30. The first-order valence-corrected chi connectivity index (χ1v) is 6.88. The molecule has 0 bridgehead atoms. The highest BCUT2D eigenvalue weighted by atomic mass is 14.0. The van der Waals surface area contributed by atoms with Gasteiger partial charge in [-0.3, -0.25) is 0 Å². The second kappa shape index (κ2) is 8.38. The minimum absolute atomic E-state index is 1.26. The zero-order chi connectivity index (χ0) is 11.6. The van der Waals surface area contributed by atoms with Crippen molar-refractivity contribution in [1.29, 1.82) is 0 Å². The largest absolute Gasteiger partial charge is 0.0654 e. The standard InChI is InChI=1S/C16H26/c1-3-4-5-6-7-8-9-10-16-13-11-15(2)12-14-16/h11-14H,3-10H2,1-2H3. The van der Waals surface area contributed by atoms with Gasteiger partial charge in [-0.25, -0.2) is 0 Å². The lowest BCUT2D eigenvalue weighted by Crippen LogP contribution is -1.86. The molecular weight excluding hydrogens is 192 g/mol. The minimum Gasteiger partial charge on any atom is -0.0654 e. The molecule has 0 fully saturated rings. The van der Waals surface area contributed by atoms with E-state index in [2.05, 4.69) is 38.1 Å². The van der Waals surface area contributed by atoms with Gasteiger partial charge in [-0.1, -0.05) is 75.3 Å². The molecule has 0 nitrogen and oxygen atoms in total. The summed E-state index contributed by atoms with van der Waals surface area (Å²) in [6.07, 6.45) is 11.1. The molecule has 0 aliphatic heterocycles. The van der Waals surface area contributed by atoms with Crippen LogP contribution in [0.5, 0.6) is 0 Å². The summed E-state index contributed by atoms with van der Waals surface area (Å²) < 4.78 is 0. The maximum atomic E-state index is 2.28. The molecule has 90 valence electrons. The van der Waals surface area contributed by atoms with Crippen LogP contribution < -0.4 is 0 Å². The van der Waals surface area contributed by atoms with Crippen molar-refractivity contribution in [2.24, 2.45) is 0 Å². The first kappa shape index (κ1) is 13.3. The van der Waals surface area contributed by atoms with Gasteiger partial charge >= 0.3 is 0 Å². The van der Waals surface area contributed by atoms with Gasteiger partial charge in [0.05, 0.1) is 0 Å². The summed E-state index contributed by atoms with van der Waals surface area (Å²) in [7, 11) is 0. The Hall–Kier alpha value is -0.780. The Morgan fingerprint density at radius 2 is 1.31 bits per heavy atom. The lowest BCUT2D eigenvalue weighted by atomic mass is 10.0. The molecule has 0 heterocycles. The van der Waals surface area contributed by atoms with E-state index < -0.39 is 0 Å². The number of benzene rings is 1. The number of rotatable bonds is 8. The Morgan fingerprint density at radius 3 is 1.94 bits per heavy atom. The second-order valence-corrected chi connectivity index (χ2v) is 4.86. The van der Waals surface area contributed by atoms with Crippen LogP contribution in [-0.4, -0.2) is 0 Å². The molecule has 0 saturated carbocycles. The number of hydrogen-bond donors (Lipinski definition) is 0. The topological polar surface area (TPSA) is 0 Å². The average molecular weight is 218 g/mol. The molecule has 0 unspecified atom stereocenters. The molecule has 1 aromatic rings. The lowest BCUT2D eigenvalue weighted by Gasteiger charge is -2.02. The van der Waals surface area contributed by atoms with Crippen molar-refractivity contribution in [1.82, 2.24) is 0 Å². The maximum Gasteiger partial charge on any atom is -0.0279 e. The number of hydrogen-bond acceptors (Lipinski definition) is 0. The van der Waals surface area contributed by atoms with Crippen LogP contribution in [0.3, 0.4) is 0 Å². The highest BCUT2D eigenvalue weighted by molar-refractivity contribution is 5.21. The van der Waals surface area contributed by atoms with Gasteiger partial charge in [0.2, 0.25) is 0 Å². The van der Waals surface area contributed by atoms with Crippen molar-refractivity contribution in [2.75, 3.05) is 0 Å². The molecule has 0 saturated heterocycles. The SMILES string of the molecule is CCCCCCCCCc1ccc(C)cc1. The Balaban J connectivity index is 2.01. The van der Waals surface area contributed by atoms with E-state index in [1.807, 2.05) is 0 Å². The van der Waals surface area contributed by atoms with Crippen LogP contribution in [0.15, 0.2) is 24.3 Å². The predicted octanol–water partition coefficient (Wildman–Crippen LogP) is 5.29. The van der Waals surface area contributed by atoms with Crippen molar-refractivity contribution >= 4 is 0 Å². The monoisotopic (exact) mass is 218 g/mol. The van der Waals surface area contributed by atoms with E-state index in [4.69, 9.17) is 0 Å². The molecular formula is C16H26. The normalized spacial score (nSPS) is 10.6. The molecule has 0 aliphatic rings. The van der Waals surface area contributed by atoms with Gasteiger partial charge in [0.1, 0.15) is 0 Å². The molecule has 0 atom stereocenters. The zero-order valence-electron chi connectivity index (χ0n) is 11.0. The van der Waals surface area contributed by atoms with Crippen molar-refractivity contribution < 1.29 is 0 Å². The van der Waals surface area contributed by atoms with E-state index >= 15 is 0 Å². The van der Waals surface area contributed by atoms with Crippen molar-refractivity contribution in [2.45, 2.75) is 65.2 Å². The quantitative estimate of drug-likeness (QED) is 0.520. The Bertz CT molecular complexity index is 258. The van der Waals surface area contributed by atoms with E-state index in [0.717, 1.165) is 0 Å². The molecule has 1 aromatic carbocycles. The minimum atomic E-state index is 1.26. The Labute approximate surface area is 101 Å². The van der Waals surface area contributed by atoms with Gasteiger partial charge < -0.3 is 0 Å². The van der Waals surface area contributed by atoms with Gasteiger partial charge in [-0.15, -0.1) is 0 Å². The smallest absolute Gasteiger partial charge is 0.0279 e. The van der Waals surface area contributed by atoms with Gasteiger partial charge in [0.15, 0.2) is 0 Å². The molecule has 0 aliphatic carbocycles. The van der Waals surface area contributed by atoms with Crippen LogP contribution in [-0.2, 0) is 6.42 Å². The van der Waals surface area contributed by atoms with E-state index in [1.54, 1.807) is 0 Å². The predicted molar refractivity (Wildman–Crippen MR) is 72.9 cm³/mol. The van der Waals surface area contributed by atoms with Crippen LogP contribution in [0.25, 0.3) is 0 Å². The van der Waals surface area contributed by atoms with Crippen molar-refractivity contribution in [3.63, 3.8) is 0 Å². The summed E-state index contributed by atoms with van der Waals surface area (Å²) in [6.45, 7) is 4.43. The molecule has 0 radical (unpaired) electrons. The van der Waals surface area contributed by atoms with Crippen LogP contribution in [0, 0.1) is 6.92 Å². The molecule has 1 rings (SSSR count). The fourth-order valence-corrected chi connectivity index (χ4v) is 2.04. The number of unbranched alkanes of at least 4 members (excludes halogenated alkanes) is 6. The van der Waals surface area contributed by atoms with E-state index in [-0.39, 0.29) is 0 Å². The highest BCUT2D eigenvalue weighted by Crippen LogP contribution is 2.11. The Kier molecular flexibility index (Phi) is 6.96. The van der Waals surface area contributed by atoms with E-state index in [1.165, 1.54) is 62.5 Å². The van der Waals surface area contributed by atoms with E-state index in [0.29, 0.717) is 0 Å². The fourth-order valence-electron chi connectivity index (χ4n) is 2.04. The molecule has 0 heteroatoms. The second-order valence-electron chi connectivity index (χ2n) is 4.86. The number of aryl methyl sites for hydroxylation is 2. The van der Waals surface area contributed by atoms with Gasteiger partial charge in [0.25, 0.3) is 0 Å². The fraction of sp³-hybridized carbons (Fsp3) is 0.625. The Morgan fingerprint density at radius 1 is 0.750 bits per heavy atom. The first-order chi connectivity index (χ1) is 7.83. The summed E-state index contributed by atoms with van der Waals surface area (Å²) >= 11 is 0. The van der Waals surface area contributed by atoms with Gasteiger partial charge in [-0.05, 0) is 25.3 Å². The third-order valence-electron chi connectivity index (χ3n) is 3.19. The van der Waals surface area contributed by atoms with Crippen LogP contribution in [0.2, 0.25) is 0 Å². The summed E-state index contributed by atoms with van der Waals surface area (Å²) in [5, 5.41) is 0. The first-order valence-electron chi connectivity index (χ1n) is 6.88. The lowest BCUT2D eigenvalue weighted by molar-refractivity contribution is 0.589. The zero-order valence-corrected chi connectivity index (χ0v) is 11.0. The maximum absolute atomic E-state index is 2.28. The van der Waals surface area contributed by atoms with Crippen LogP contribution in [0.4, 0.5) is 0 Å². The highest BCUT2D eigenvalue weighted by Gasteiger charge is 1.94. The summed E-state index contributed by atoms with van der Waals surface area (Å²) in [6, 6.07) is 8.98. The van der Waals surface area contributed by atoms with Crippen molar-refractivity contribution in [3.8, 4) is 0 Å². The van der Waals surface area contributed by atoms with Gasteiger partial charge in [-0.2, -0.15) is 0 Å². The third-order valence-corrected chi connectivity index (χ3v) is 3.19. The van der Waals surface area contributed by atoms with Crippen LogP contribution in [0.1, 0.15) is 63.0 Å². The molecule has 0 aromatic heterocycles. The van der Waals surface area contributed by atoms with Gasteiger partial charge in [0, 0.05) is 0 Å². The summed E-state index contributed by atoms with van der Waals surface area (Å²) in [5.41, 5.74) is 2.86. The molecule has 0 amide bonds. The molecule has 16 heavy (non-hydrogen) atoms. The summed E-state index contributed by atoms with van der Waals surface area (Å²) in [5.74, 6) is 0. The van der Waals surface area contributed by atoms with Crippen molar-refractivity contribution in [3.05, 3.63) is 35.4 Å². The molecule has 0 N–H and O–H groups in total. The summed E-state index contributed by atoms with van der Waals surface area (Å²) in [4.78, 5) is 0. The molecule has 0 spiro atoms. The van der Waals surface area contributed by atoms with Crippen LogP contribution >= 0.6 is 0 Å². The van der Waals surface area contributed by atoms with E-state index in [9.17, 15) is 0 Å².